The highest BCUT2D eigenvalue weighted by molar-refractivity contribution is 5.65. The Morgan fingerprint density at radius 3 is 2.40 bits per heavy atom. The highest BCUT2D eigenvalue weighted by Crippen LogP contribution is 2.45. The predicted octanol–water partition coefficient (Wildman–Crippen LogP) is 4.96. The van der Waals surface area contributed by atoms with Crippen LogP contribution < -0.4 is 4.74 Å². The van der Waals surface area contributed by atoms with Gasteiger partial charge in [-0.2, -0.15) is 13.2 Å². The minimum absolute atomic E-state index is 0.0763. The molecule has 0 heterocycles. The van der Waals surface area contributed by atoms with Gasteiger partial charge in [0.1, 0.15) is 5.75 Å². The van der Waals surface area contributed by atoms with Crippen molar-refractivity contribution in [3.05, 3.63) is 23.3 Å². The van der Waals surface area contributed by atoms with Gasteiger partial charge in [0.05, 0.1) is 31.8 Å². The topological polar surface area (TPSA) is 54.3 Å². The first-order chi connectivity index (χ1) is 14.0. The molecule has 0 bridgehead atoms. The zero-order chi connectivity index (χ0) is 22.5. The molecular weight excluding hydrogens is 397 g/mol. The second kappa shape index (κ2) is 10.0. The standard InChI is InChI=1S/C22H33F3N2O3/c1-6-27(4)14-26-19-12-20(29-5)18(11-16(19)3)21(28,22(23,24)25)13-30-17-9-7-15(2)8-10-17/h11-12,14-15,17,28H,6-10,13H2,1-5H3/b26-14+. The van der Waals surface area contributed by atoms with E-state index in [-0.39, 0.29) is 17.4 Å². The number of benzene rings is 1. The van der Waals surface area contributed by atoms with Gasteiger partial charge in [0, 0.05) is 25.2 Å². The normalized spacial score (nSPS) is 22.2. The number of hydrogen-bond donors (Lipinski definition) is 1. The third-order valence-electron chi connectivity index (χ3n) is 5.82. The molecule has 0 spiro atoms. The van der Waals surface area contributed by atoms with Crippen LogP contribution in [0.3, 0.4) is 0 Å². The summed E-state index contributed by atoms with van der Waals surface area (Å²) in [5.41, 5.74) is -2.56. The smallest absolute Gasteiger partial charge is 0.423 e. The molecule has 1 unspecified atom stereocenters. The Balaban J connectivity index is 2.36. The third kappa shape index (κ3) is 5.66. The van der Waals surface area contributed by atoms with Crippen molar-refractivity contribution >= 4 is 12.0 Å². The second-order valence-corrected chi connectivity index (χ2v) is 8.21. The number of aryl methyl sites for hydroxylation is 1. The SMILES string of the molecule is CCN(C)/C=N/c1cc(OC)c(C(O)(COC2CCC(C)CC2)C(F)(F)F)cc1C. The van der Waals surface area contributed by atoms with Crippen LogP contribution in [-0.4, -0.2) is 55.9 Å². The molecule has 1 aromatic rings. The Morgan fingerprint density at radius 2 is 1.87 bits per heavy atom. The summed E-state index contributed by atoms with van der Waals surface area (Å²) in [6.45, 7) is 5.61. The molecule has 0 aliphatic heterocycles. The number of hydrogen-bond acceptors (Lipinski definition) is 4. The van der Waals surface area contributed by atoms with E-state index in [2.05, 4.69) is 11.9 Å². The first-order valence-electron chi connectivity index (χ1n) is 10.4. The van der Waals surface area contributed by atoms with E-state index >= 15 is 0 Å². The lowest BCUT2D eigenvalue weighted by atomic mass is 9.88. The first kappa shape index (κ1) is 24.5. The minimum atomic E-state index is -4.93. The van der Waals surface area contributed by atoms with Crippen LogP contribution in [0.15, 0.2) is 17.1 Å². The maximum atomic E-state index is 14.0. The number of rotatable bonds is 8. The zero-order valence-electron chi connectivity index (χ0n) is 18.4. The molecule has 1 N–H and O–H groups in total. The molecule has 1 aromatic carbocycles. The molecule has 1 aliphatic rings. The first-order valence-corrected chi connectivity index (χ1v) is 10.4. The number of nitrogens with zero attached hydrogens (tertiary/aromatic N) is 2. The molecular formula is C22H33F3N2O3. The molecule has 0 radical (unpaired) electrons. The largest absolute Gasteiger partial charge is 0.496 e. The van der Waals surface area contributed by atoms with Gasteiger partial charge in [0.2, 0.25) is 5.60 Å². The number of alkyl halides is 3. The summed E-state index contributed by atoms with van der Waals surface area (Å²) in [6, 6.07) is 2.71. The van der Waals surface area contributed by atoms with E-state index in [4.69, 9.17) is 9.47 Å². The summed E-state index contributed by atoms with van der Waals surface area (Å²) >= 11 is 0. The van der Waals surface area contributed by atoms with E-state index in [0.29, 0.717) is 30.0 Å². The van der Waals surface area contributed by atoms with Crippen LogP contribution in [0.2, 0.25) is 0 Å². The fourth-order valence-corrected chi connectivity index (χ4v) is 3.50. The number of ether oxygens (including phenoxy) is 2. The monoisotopic (exact) mass is 430 g/mol. The fourth-order valence-electron chi connectivity index (χ4n) is 3.50. The van der Waals surface area contributed by atoms with Gasteiger partial charge in [0.25, 0.3) is 0 Å². The number of aliphatic hydroxyl groups is 1. The van der Waals surface area contributed by atoms with Gasteiger partial charge < -0.3 is 19.5 Å². The van der Waals surface area contributed by atoms with Gasteiger partial charge in [-0.1, -0.05) is 6.92 Å². The van der Waals surface area contributed by atoms with Crippen molar-refractivity contribution in [2.45, 2.75) is 64.3 Å². The van der Waals surface area contributed by atoms with Gasteiger partial charge >= 0.3 is 6.18 Å². The number of aliphatic imine (C=N–C) groups is 1. The van der Waals surface area contributed by atoms with Crippen LogP contribution in [0, 0.1) is 12.8 Å². The highest BCUT2D eigenvalue weighted by atomic mass is 19.4. The van der Waals surface area contributed by atoms with Crippen molar-refractivity contribution in [2.24, 2.45) is 10.9 Å². The lowest BCUT2D eigenvalue weighted by Gasteiger charge is -2.35. The molecule has 0 saturated heterocycles. The Kier molecular flexibility index (Phi) is 8.16. The van der Waals surface area contributed by atoms with Crippen LogP contribution in [0.4, 0.5) is 18.9 Å². The second-order valence-electron chi connectivity index (χ2n) is 8.21. The van der Waals surface area contributed by atoms with Crippen LogP contribution >= 0.6 is 0 Å². The van der Waals surface area contributed by atoms with E-state index in [0.717, 1.165) is 19.4 Å². The average Bonchev–Trinajstić information content (AvgIpc) is 2.70. The summed E-state index contributed by atoms with van der Waals surface area (Å²) in [6.07, 6.45) is -0.386. The van der Waals surface area contributed by atoms with Crippen molar-refractivity contribution in [3.8, 4) is 5.75 Å². The molecule has 1 fully saturated rings. The fraction of sp³-hybridized carbons (Fsp3) is 0.682. The highest BCUT2D eigenvalue weighted by Gasteiger charge is 2.57. The van der Waals surface area contributed by atoms with Crippen LogP contribution in [0.1, 0.15) is 50.7 Å². The molecule has 2 rings (SSSR count). The van der Waals surface area contributed by atoms with Crippen LogP contribution in [-0.2, 0) is 10.3 Å². The van der Waals surface area contributed by atoms with E-state index in [1.807, 2.05) is 18.9 Å². The Hall–Kier alpha value is -1.80. The molecule has 170 valence electrons. The van der Waals surface area contributed by atoms with Crippen molar-refractivity contribution in [3.63, 3.8) is 0 Å². The zero-order valence-corrected chi connectivity index (χ0v) is 18.4. The molecule has 1 atom stereocenters. The quantitative estimate of drug-likeness (QED) is 0.468. The van der Waals surface area contributed by atoms with Crippen LogP contribution in [0.25, 0.3) is 0 Å². The van der Waals surface area contributed by atoms with Crippen molar-refractivity contribution in [1.82, 2.24) is 4.90 Å². The summed E-state index contributed by atoms with van der Waals surface area (Å²) in [5, 5.41) is 10.8. The van der Waals surface area contributed by atoms with Crippen molar-refractivity contribution in [1.29, 1.82) is 0 Å². The maximum absolute atomic E-state index is 14.0. The molecule has 1 saturated carbocycles. The molecule has 5 nitrogen and oxygen atoms in total. The molecule has 8 heteroatoms. The summed E-state index contributed by atoms with van der Waals surface area (Å²) in [5.74, 6) is 0.474. The Morgan fingerprint density at radius 1 is 1.23 bits per heavy atom. The average molecular weight is 431 g/mol. The van der Waals surface area contributed by atoms with Gasteiger partial charge in [-0.3, -0.25) is 0 Å². The molecule has 0 aromatic heterocycles. The Bertz CT molecular complexity index is 731. The van der Waals surface area contributed by atoms with Crippen molar-refractivity contribution in [2.75, 3.05) is 27.3 Å². The van der Waals surface area contributed by atoms with E-state index in [1.165, 1.54) is 19.2 Å². The molecule has 30 heavy (non-hydrogen) atoms. The van der Waals surface area contributed by atoms with E-state index in [9.17, 15) is 18.3 Å². The number of halogens is 3. The molecule has 1 aliphatic carbocycles. The lowest BCUT2D eigenvalue weighted by molar-refractivity contribution is -0.286. The minimum Gasteiger partial charge on any atom is -0.496 e. The number of methoxy groups -OCH3 is 1. The van der Waals surface area contributed by atoms with Gasteiger partial charge in [-0.05, 0) is 57.1 Å². The van der Waals surface area contributed by atoms with Crippen LogP contribution in [0.5, 0.6) is 5.75 Å². The third-order valence-corrected chi connectivity index (χ3v) is 5.82. The van der Waals surface area contributed by atoms with Gasteiger partial charge in [0.15, 0.2) is 0 Å². The summed E-state index contributed by atoms with van der Waals surface area (Å²) in [4.78, 5) is 6.16. The maximum Gasteiger partial charge on any atom is 0.423 e. The lowest BCUT2D eigenvalue weighted by Crippen LogP contribution is -2.47. The van der Waals surface area contributed by atoms with Crippen molar-refractivity contribution < 1.29 is 27.8 Å². The summed E-state index contributed by atoms with van der Waals surface area (Å²) < 4.78 is 52.9. The Labute approximate surface area is 176 Å². The van der Waals surface area contributed by atoms with Gasteiger partial charge in [-0.25, -0.2) is 4.99 Å². The molecule has 0 amide bonds. The summed E-state index contributed by atoms with van der Waals surface area (Å²) in [7, 11) is 3.12. The predicted molar refractivity (Wildman–Crippen MR) is 112 cm³/mol. The van der Waals surface area contributed by atoms with E-state index < -0.39 is 18.4 Å². The van der Waals surface area contributed by atoms with E-state index in [1.54, 1.807) is 13.3 Å². The van der Waals surface area contributed by atoms with Gasteiger partial charge in [-0.15, -0.1) is 0 Å².